The van der Waals surface area contributed by atoms with Crippen LogP contribution in [0.2, 0.25) is 0 Å². The first kappa shape index (κ1) is 20.8. The van der Waals surface area contributed by atoms with Crippen LogP contribution < -0.4 is 4.90 Å². The van der Waals surface area contributed by atoms with Crippen molar-refractivity contribution in [2.45, 2.75) is 26.3 Å². The molecule has 2 heterocycles. The standard InChI is InChI=1S/C24H26N4O3/c1-18(29)20-7-9-21(10-8-20)26-13-15-27(16-14-26)24(31)22-11-12-23(30)28(25-22)17-19-5-3-2-4-6-19/h2-10H,11-17H2,1H3. The Morgan fingerprint density at radius 2 is 1.58 bits per heavy atom. The van der Waals surface area contributed by atoms with Gasteiger partial charge in [0.2, 0.25) is 5.91 Å². The highest BCUT2D eigenvalue weighted by molar-refractivity contribution is 6.39. The molecule has 0 radical (unpaired) electrons. The zero-order chi connectivity index (χ0) is 21.8. The predicted molar refractivity (Wildman–Crippen MR) is 119 cm³/mol. The summed E-state index contributed by atoms with van der Waals surface area (Å²) in [6.07, 6.45) is 0.690. The van der Waals surface area contributed by atoms with E-state index in [9.17, 15) is 14.4 Å². The average molecular weight is 418 g/mol. The molecule has 31 heavy (non-hydrogen) atoms. The van der Waals surface area contributed by atoms with Gasteiger partial charge >= 0.3 is 0 Å². The first-order valence-corrected chi connectivity index (χ1v) is 10.6. The van der Waals surface area contributed by atoms with Crippen LogP contribution in [0.5, 0.6) is 0 Å². The summed E-state index contributed by atoms with van der Waals surface area (Å²) >= 11 is 0. The zero-order valence-corrected chi connectivity index (χ0v) is 17.7. The molecule has 0 bridgehead atoms. The van der Waals surface area contributed by atoms with Gasteiger partial charge in [0.25, 0.3) is 5.91 Å². The second kappa shape index (κ2) is 9.12. The van der Waals surface area contributed by atoms with E-state index in [1.807, 2.05) is 59.5 Å². The normalized spacial score (nSPS) is 16.9. The SMILES string of the molecule is CC(=O)c1ccc(N2CCN(C(=O)C3=NN(Cc4ccccc4)C(=O)CC3)CC2)cc1. The summed E-state index contributed by atoms with van der Waals surface area (Å²) in [5.74, 6) is -0.0913. The minimum Gasteiger partial charge on any atom is -0.368 e. The van der Waals surface area contributed by atoms with E-state index in [1.54, 1.807) is 6.92 Å². The van der Waals surface area contributed by atoms with Gasteiger partial charge in [0.1, 0.15) is 5.71 Å². The highest BCUT2D eigenvalue weighted by Crippen LogP contribution is 2.19. The van der Waals surface area contributed by atoms with Crippen LogP contribution in [0, 0.1) is 0 Å². The number of carbonyl (C=O) groups excluding carboxylic acids is 3. The molecule has 1 saturated heterocycles. The van der Waals surface area contributed by atoms with E-state index >= 15 is 0 Å². The predicted octanol–water partition coefficient (Wildman–Crippen LogP) is 2.72. The maximum absolute atomic E-state index is 13.0. The van der Waals surface area contributed by atoms with Crippen molar-refractivity contribution < 1.29 is 14.4 Å². The third-order valence-corrected chi connectivity index (χ3v) is 5.73. The highest BCUT2D eigenvalue weighted by Gasteiger charge is 2.29. The summed E-state index contributed by atoms with van der Waals surface area (Å²) in [5.41, 5.74) is 3.18. The minimum atomic E-state index is -0.0860. The molecule has 2 amide bonds. The third-order valence-electron chi connectivity index (χ3n) is 5.73. The second-order valence-corrected chi connectivity index (χ2v) is 7.87. The van der Waals surface area contributed by atoms with E-state index in [0.29, 0.717) is 56.8 Å². The van der Waals surface area contributed by atoms with Crippen molar-refractivity contribution in [1.29, 1.82) is 0 Å². The molecule has 0 saturated carbocycles. The van der Waals surface area contributed by atoms with E-state index < -0.39 is 0 Å². The molecule has 7 nitrogen and oxygen atoms in total. The summed E-state index contributed by atoms with van der Waals surface area (Å²) in [5, 5.41) is 5.82. The average Bonchev–Trinajstić information content (AvgIpc) is 2.81. The van der Waals surface area contributed by atoms with E-state index in [0.717, 1.165) is 11.3 Å². The summed E-state index contributed by atoms with van der Waals surface area (Å²) in [4.78, 5) is 40.8. The Hall–Kier alpha value is -3.48. The zero-order valence-electron chi connectivity index (χ0n) is 17.7. The Labute approximate surface area is 181 Å². The molecule has 1 fully saturated rings. The van der Waals surface area contributed by atoms with Gasteiger partial charge in [-0.3, -0.25) is 14.4 Å². The number of nitrogens with zero attached hydrogens (tertiary/aromatic N) is 4. The molecular weight excluding hydrogens is 392 g/mol. The van der Waals surface area contributed by atoms with E-state index in [2.05, 4.69) is 10.0 Å². The van der Waals surface area contributed by atoms with Gasteiger partial charge in [-0.05, 0) is 36.8 Å². The molecule has 2 aliphatic rings. The largest absolute Gasteiger partial charge is 0.368 e. The molecule has 0 aromatic heterocycles. The van der Waals surface area contributed by atoms with Gasteiger partial charge < -0.3 is 9.80 Å². The Morgan fingerprint density at radius 3 is 2.23 bits per heavy atom. The number of anilines is 1. The molecule has 4 rings (SSSR count). The maximum Gasteiger partial charge on any atom is 0.270 e. The fraction of sp³-hybridized carbons (Fsp3) is 0.333. The van der Waals surface area contributed by atoms with Crippen LogP contribution in [0.15, 0.2) is 59.7 Å². The summed E-state index contributed by atoms with van der Waals surface area (Å²) in [6.45, 7) is 4.55. The van der Waals surface area contributed by atoms with Gasteiger partial charge in [-0.2, -0.15) is 5.10 Å². The molecule has 0 atom stereocenters. The number of hydrogen-bond donors (Lipinski definition) is 0. The molecule has 2 aromatic rings. The van der Waals surface area contributed by atoms with Gasteiger partial charge in [-0.1, -0.05) is 30.3 Å². The lowest BCUT2D eigenvalue weighted by atomic mass is 10.1. The molecule has 2 aliphatic heterocycles. The minimum absolute atomic E-state index is 0.0509. The molecular formula is C24H26N4O3. The number of hydrazone groups is 1. The smallest absolute Gasteiger partial charge is 0.270 e. The van der Waals surface area contributed by atoms with E-state index in [4.69, 9.17) is 0 Å². The van der Waals surface area contributed by atoms with Crippen LogP contribution in [0.4, 0.5) is 5.69 Å². The van der Waals surface area contributed by atoms with Gasteiger partial charge in [-0.15, -0.1) is 0 Å². The van der Waals surface area contributed by atoms with Crippen LogP contribution in [0.1, 0.15) is 35.7 Å². The molecule has 7 heteroatoms. The lowest BCUT2D eigenvalue weighted by molar-refractivity contribution is -0.132. The Kier molecular flexibility index (Phi) is 6.11. The fourth-order valence-electron chi connectivity index (χ4n) is 3.89. The Bertz CT molecular complexity index is 993. The van der Waals surface area contributed by atoms with Crippen molar-refractivity contribution in [2.75, 3.05) is 31.1 Å². The number of rotatable bonds is 5. The van der Waals surface area contributed by atoms with E-state index in [-0.39, 0.29) is 17.6 Å². The van der Waals surface area contributed by atoms with Crippen molar-refractivity contribution in [2.24, 2.45) is 5.10 Å². The topological polar surface area (TPSA) is 73.3 Å². The second-order valence-electron chi connectivity index (χ2n) is 7.87. The first-order valence-electron chi connectivity index (χ1n) is 10.6. The number of Topliss-reactive ketones (excluding diaryl/α,β-unsaturated/α-hetero) is 1. The molecule has 0 spiro atoms. The van der Waals surface area contributed by atoms with Crippen LogP contribution >= 0.6 is 0 Å². The summed E-state index contributed by atoms with van der Waals surface area (Å²) in [7, 11) is 0. The summed E-state index contributed by atoms with van der Waals surface area (Å²) < 4.78 is 0. The summed E-state index contributed by atoms with van der Waals surface area (Å²) in [6, 6.07) is 17.2. The van der Waals surface area contributed by atoms with Crippen LogP contribution in [-0.4, -0.2) is 59.4 Å². The van der Waals surface area contributed by atoms with Crippen LogP contribution in [-0.2, 0) is 16.1 Å². The van der Waals surface area contributed by atoms with Gasteiger partial charge in [0.05, 0.1) is 6.54 Å². The molecule has 160 valence electrons. The van der Waals surface area contributed by atoms with Gasteiger partial charge in [-0.25, -0.2) is 5.01 Å². The van der Waals surface area contributed by atoms with Crippen molar-refractivity contribution in [3.05, 3.63) is 65.7 Å². The number of ketones is 1. The highest BCUT2D eigenvalue weighted by atomic mass is 16.2. The lowest BCUT2D eigenvalue weighted by Gasteiger charge is -2.36. The van der Waals surface area contributed by atoms with Gasteiger partial charge in [0.15, 0.2) is 5.78 Å². The number of carbonyl (C=O) groups is 3. The molecule has 2 aromatic carbocycles. The first-order chi connectivity index (χ1) is 15.0. The molecule has 0 unspecified atom stereocenters. The van der Waals surface area contributed by atoms with Crippen molar-refractivity contribution >= 4 is 29.0 Å². The Balaban J connectivity index is 1.38. The van der Waals surface area contributed by atoms with E-state index in [1.165, 1.54) is 5.01 Å². The van der Waals surface area contributed by atoms with Crippen molar-refractivity contribution in [1.82, 2.24) is 9.91 Å². The van der Waals surface area contributed by atoms with Crippen LogP contribution in [0.3, 0.4) is 0 Å². The van der Waals surface area contributed by atoms with Crippen molar-refractivity contribution in [3.8, 4) is 0 Å². The number of amides is 2. The quantitative estimate of drug-likeness (QED) is 0.700. The fourth-order valence-corrected chi connectivity index (χ4v) is 3.89. The van der Waals surface area contributed by atoms with Gasteiger partial charge in [0, 0.05) is 50.3 Å². The third kappa shape index (κ3) is 4.82. The number of piperazine rings is 1. The maximum atomic E-state index is 13.0. The van der Waals surface area contributed by atoms with Crippen LogP contribution in [0.25, 0.3) is 0 Å². The monoisotopic (exact) mass is 418 g/mol. The Morgan fingerprint density at radius 1 is 0.903 bits per heavy atom. The number of hydrogen-bond acceptors (Lipinski definition) is 5. The lowest BCUT2D eigenvalue weighted by Crippen LogP contribution is -2.51. The number of benzene rings is 2. The molecule has 0 aliphatic carbocycles. The van der Waals surface area contributed by atoms with Crippen molar-refractivity contribution in [3.63, 3.8) is 0 Å². The molecule has 0 N–H and O–H groups in total.